The quantitative estimate of drug-likeness (QED) is 0.263. The number of rotatable bonds is 6. The van der Waals surface area contributed by atoms with Crippen LogP contribution in [0.1, 0.15) is 17.2 Å². The molecular formula is C24H20BrFN6O2. The summed E-state index contributed by atoms with van der Waals surface area (Å²) in [5.74, 6) is 0.00131. The van der Waals surface area contributed by atoms with Gasteiger partial charge in [0.2, 0.25) is 0 Å². The molecule has 2 aromatic carbocycles. The van der Waals surface area contributed by atoms with Crippen LogP contribution in [0.25, 0.3) is 28.1 Å². The maximum absolute atomic E-state index is 13.5. The van der Waals surface area contributed by atoms with Gasteiger partial charge >= 0.3 is 0 Å². The number of aromatic amines is 2. The van der Waals surface area contributed by atoms with E-state index < -0.39 is 11.9 Å². The SMILES string of the molecule is Cc1cc(-n2ccnc2)cc2[nH]c(-c3c(NCC(O)c4ccc(F)c(Br)c4)cc[nH]c3=O)nc12. The highest BCUT2D eigenvalue weighted by molar-refractivity contribution is 9.10. The zero-order valence-electron chi connectivity index (χ0n) is 18.0. The monoisotopic (exact) mass is 522 g/mol. The third kappa shape index (κ3) is 4.13. The molecule has 0 amide bonds. The van der Waals surface area contributed by atoms with E-state index in [4.69, 9.17) is 0 Å². The van der Waals surface area contributed by atoms with Crippen LogP contribution >= 0.6 is 15.9 Å². The Bertz CT molecular complexity index is 1540. The molecule has 0 spiro atoms. The Morgan fingerprint density at radius 3 is 2.88 bits per heavy atom. The standard InChI is InChI=1S/C24H20BrFN6O2/c1-13-8-15(32-7-6-27-12-32)10-19-22(13)31-23(30-19)21-18(4-5-28-24(21)34)29-11-20(33)14-2-3-17(26)16(25)9-14/h2-10,12,20,33H,11H2,1H3,(H,30,31)(H2,28,29,34). The van der Waals surface area contributed by atoms with E-state index in [0.29, 0.717) is 22.6 Å². The zero-order valence-corrected chi connectivity index (χ0v) is 19.6. The minimum absolute atomic E-state index is 0.110. The summed E-state index contributed by atoms with van der Waals surface area (Å²) < 4.78 is 15.7. The number of nitrogens with zero attached hydrogens (tertiary/aromatic N) is 3. The van der Waals surface area contributed by atoms with Gasteiger partial charge in [0.15, 0.2) is 0 Å². The first kappa shape index (κ1) is 22.1. The van der Waals surface area contributed by atoms with Crippen molar-refractivity contribution in [2.75, 3.05) is 11.9 Å². The number of aliphatic hydroxyl groups is 1. The highest BCUT2D eigenvalue weighted by atomic mass is 79.9. The lowest BCUT2D eigenvalue weighted by molar-refractivity contribution is 0.191. The molecule has 34 heavy (non-hydrogen) atoms. The van der Waals surface area contributed by atoms with Crippen LogP contribution in [0.4, 0.5) is 10.1 Å². The number of halogens is 2. The number of aromatic nitrogens is 5. The smallest absolute Gasteiger partial charge is 0.261 e. The molecule has 4 N–H and O–H groups in total. The minimum Gasteiger partial charge on any atom is -0.387 e. The molecule has 8 nitrogen and oxygen atoms in total. The first-order chi connectivity index (χ1) is 16.4. The maximum Gasteiger partial charge on any atom is 0.261 e. The van der Waals surface area contributed by atoms with Crippen molar-refractivity contribution in [2.24, 2.45) is 0 Å². The number of aliphatic hydroxyl groups excluding tert-OH is 1. The zero-order chi connectivity index (χ0) is 23.8. The molecule has 0 radical (unpaired) electrons. The topological polar surface area (TPSA) is 112 Å². The van der Waals surface area contributed by atoms with E-state index in [-0.39, 0.29) is 16.6 Å². The molecule has 0 bridgehead atoms. The van der Waals surface area contributed by atoms with E-state index >= 15 is 0 Å². The average Bonchev–Trinajstić information content (AvgIpc) is 3.49. The third-order valence-electron chi connectivity index (χ3n) is 5.58. The van der Waals surface area contributed by atoms with Crippen LogP contribution in [0, 0.1) is 12.7 Å². The van der Waals surface area contributed by atoms with Gasteiger partial charge in [-0.2, -0.15) is 0 Å². The van der Waals surface area contributed by atoms with Crippen LogP contribution in [0.2, 0.25) is 0 Å². The molecule has 172 valence electrons. The number of hydrogen-bond donors (Lipinski definition) is 4. The first-order valence-corrected chi connectivity index (χ1v) is 11.3. The van der Waals surface area contributed by atoms with Gasteiger partial charge in [-0.3, -0.25) is 4.79 Å². The van der Waals surface area contributed by atoms with Crippen molar-refractivity contribution >= 4 is 32.7 Å². The molecule has 0 saturated carbocycles. The Balaban J connectivity index is 1.48. The predicted octanol–water partition coefficient (Wildman–Crippen LogP) is 4.46. The summed E-state index contributed by atoms with van der Waals surface area (Å²) in [7, 11) is 0. The Labute approximate surface area is 201 Å². The summed E-state index contributed by atoms with van der Waals surface area (Å²) in [6.07, 6.45) is 5.89. The molecule has 3 heterocycles. The second kappa shape index (κ2) is 8.88. The Kier molecular flexibility index (Phi) is 5.76. The fourth-order valence-corrected chi connectivity index (χ4v) is 4.25. The number of fused-ring (bicyclic) bond motifs is 1. The van der Waals surface area contributed by atoms with E-state index in [0.717, 1.165) is 22.3 Å². The van der Waals surface area contributed by atoms with E-state index in [1.54, 1.807) is 18.6 Å². The second-order valence-corrected chi connectivity index (χ2v) is 8.73. The fraction of sp³-hybridized carbons (Fsp3) is 0.125. The van der Waals surface area contributed by atoms with E-state index in [1.807, 2.05) is 29.8 Å². The molecule has 0 saturated heterocycles. The summed E-state index contributed by atoms with van der Waals surface area (Å²) in [5, 5.41) is 13.7. The molecule has 3 aromatic heterocycles. The number of hydrogen-bond acceptors (Lipinski definition) is 5. The summed E-state index contributed by atoms with van der Waals surface area (Å²) in [4.78, 5) is 27.5. The molecule has 1 unspecified atom stereocenters. The summed E-state index contributed by atoms with van der Waals surface area (Å²) >= 11 is 3.13. The lowest BCUT2D eigenvalue weighted by atomic mass is 10.1. The van der Waals surface area contributed by atoms with Crippen LogP contribution < -0.4 is 10.9 Å². The van der Waals surface area contributed by atoms with Crippen molar-refractivity contribution in [3.8, 4) is 17.1 Å². The fourth-order valence-electron chi connectivity index (χ4n) is 3.86. The number of pyridine rings is 1. The summed E-state index contributed by atoms with van der Waals surface area (Å²) in [5.41, 5.74) is 4.46. The van der Waals surface area contributed by atoms with Crippen molar-refractivity contribution in [3.63, 3.8) is 0 Å². The summed E-state index contributed by atoms with van der Waals surface area (Å²) in [6, 6.07) is 9.99. The highest BCUT2D eigenvalue weighted by Crippen LogP contribution is 2.28. The van der Waals surface area contributed by atoms with Crippen LogP contribution in [0.5, 0.6) is 0 Å². The molecular weight excluding hydrogens is 503 g/mol. The van der Waals surface area contributed by atoms with E-state index in [2.05, 4.69) is 41.2 Å². The highest BCUT2D eigenvalue weighted by Gasteiger charge is 2.17. The van der Waals surface area contributed by atoms with Crippen LogP contribution in [-0.2, 0) is 0 Å². The van der Waals surface area contributed by atoms with Crippen LogP contribution in [0.15, 0.2) is 70.6 Å². The Morgan fingerprint density at radius 2 is 2.12 bits per heavy atom. The van der Waals surface area contributed by atoms with Crippen LogP contribution in [0.3, 0.4) is 0 Å². The molecule has 1 atom stereocenters. The number of anilines is 1. The summed E-state index contributed by atoms with van der Waals surface area (Å²) in [6.45, 7) is 2.07. The molecule has 0 aliphatic rings. The van der Waals surface area contributed by atoms with Gasteiger partial charge < -0.3 is 25.0 Å². The first-order valence-electron chi connectivity index (χ1n) is 10.5. The lowest BCUT2D eigenvalue weighted by Gasteiger charge is -2.15. The van der Waals surface area contributed by atoms with Gasteiger partial charge in [0.1, 0.15) is 17.2 Å². The van der Waals surface area contributed by atoms with Crippen LogP contribution in [-0.4, -0.2) is 36.2 Å². The van der Waals surface area contributed by atoms with E-state index in [1.165, 1.54) is 24.4 Å². The number of imidazole rings is 2. The van der Waals surface area contributed by atoms with Gasteiger partial charge in [0.25, 0.3) is 5.56 Å². The van der Waals surface area contributed by atoms with Gasteiger partial charge in [-0.15, -0.1) is 0 Å². The van der Waals surface area contributed by atoms with Gasteiger partial charge in [0.05, 0.1) is 33.6 Å². The van der Waals surface area contributed by atoms with Crippen molar-refractivity contribution in [1.82, 2.24) is 24.5 Å². The molecule has 0 aliphatic carbocycles. The van der Waals surface area contributed by atoms with Crippen molar-refractivity contribution in [2.45, 2.75) is 13.0 Å². The van der Waals surface area contributed by atoms with Crippen molar-refractivity contribution in [3.05, 3.63) is 93.1 Å². The molecule has 5 aromatic rings. The molecule has 0 fully saturated rings. The Morgan fingerprint density at radius 1 is 1.26 bits per heavy atom. The molecule has 0 aliphatic heterocycles. The number of benzene rings is 2. The van der Waals surface area contributed by atoms with Crippen molar-refractivity contribution in [1.29, 1.82) is 0 Å². The average molecular weight is 523 g/mol. The van der Waals surface area contributed by atoms with Crippen molar-refractivity contribution < 1.29 is 9.50 Å². The number of nitrogens with one attached hydrogen (secondary N) is 3. The maximum atomic E-state index is 13.5. The normalized spacial score (nSPS) is 12.2. The van der Waals surface area contributed by atoms with Gasteiger partial charge in [-0.25, -0.2) is 14.4 Å². The predicted molar refractivity (Wildman–Crippen MR) is 132 cm³/mol. The van der Waals surface area contributed by atoms with Gasteiger partial charge in [-0.1, -0.05) is 6.07 Å². The molecule has 10 heteroatoms. The number of aryl methyl sites for hydroxylation is 1. The Hall–Kier alpha value is -3.76. The molecule has 5 rings (SSSR count). The second-order valence-electron chi connectivity index (χ2n) is 7.88. The number of H-pyrrole nitrogens is 2. The lowest BCUT2D eigenvalue weighted by Crippen LogP contribution is -2.17. The van der Waals surface area contributed by atoms with E-state index in [9.17, 15) is 14.3 Å². The minimum atomic E-state index is -0.917. The van der Waals surface area contributed by atoms with Gasteiger partial charge in [0, 0.05) is 30.8 Å². The third-order valence-corrected chi connectivity index (χ3v) is 6.18. The largest absolute Gasteiger partial charge is 0.387 e. The van der Waals surface area contributed by atoms with Gasteiger partial charge in [-0.05, 0) is 64.3 Å².